The SMILES string of the molecule is C=CCCNc1c(C)ncc(-c2cc3cc(NC(=N)/C=C(/CN(C=C)CC)NC)ncc3cc2F)c1C. The highest BCUT2D eigenvalue weighted by Gasteiger charge is 2.15. The van der Waals surface area contributed by atoms with E-state index in [1.54, 1.807) is 24.7 Å². The van der Waals surface area contributed by atoms with E-state index in [1.807, 2.05) is 50.9 Å². The summed E-state index contributed by atoms with van der Waals surface area (Å²) in [5, 5.41) is 19.4. The number of likely N-dealkylation sites (N-methyl/N-ethyl adjacent to an activating group) is 2. The van der Waals surface area contributed by atoms with Gasteiger partial charge in [0.2, 0.25) is 0 Å². The molecule has 2 heterocycles. The van der Waals surface area contributed by atoms with Gasteiger partial charge in [-0.15, -0.1) is 6.58 Å². The number of benzene rings is 1. The van der Waals surface area contributed by atoms with Crippen LogP contribution in [0.25, 0.3) is 21.9 Å². The number of fused-ring (bicyclic) bond motifs is 1. The molecule has 0 aliphatic heterocycles. The molecule has 0 aliphatic carbocycles. The van der Waals surface area contributed by atoms with Crippen molar-refractivity contribution in [1.29, 1.82) is 5.41 Å². The molecule has 0 radical (unpaired) electrons. The Bertz CT molecular complexity index is 1330. The minimum absolute atomic E-state index is 0.187. The number of amidine groups is 1. The molecular formula is C29H36FN7. The molecule has 1 aromatic carbocycles. The molecule has 0 saturated heterocycles. The Balaban J connectivity index is 1.92. The first-order valence-corrected chi connectivity index (χ1v) is 12.3. The Kier molecular flexibility index (Phi) is 9.38. The van der Waals surface area contributed by atoms with Crippen molar-refractivity contribution in [1.82, 2.24) is 20.2 Å². The molecule has 0 saturated carbocycles. The zero-order chi connectivity index (χ0) is 26.9. The third-order valence-corrected chi connectivity index (χ3v) is 6.22. The quantitative estimate of drug-likeness (QED) is 0.105. The van der Waals surface area contributed by atoms with Crippen LogP contribution in [0.4, 0.5) is 15.9 Å². The van der Waals surface area contributed by atoms with Gasteiger partial charge in [-0.05, 0) is 62.5 Å². The number of halogens is 1. The number of rotatable bonds is 12. The summed E-state index contributed by atoms with van der Waals surface area (Å²) in [6, 6.07) is 5.12. The molecule has 0 bridgehead atoms. The van der Waals surface area contributed by atoms with E-state index in [1.165, 1.54) is 6.07 Å². The summed E-state index contributed by atoms with van der Waals surface area (Å²) >= 11 is 0. The number of pyridine rings is 2. The van der Waals surface area contributed by atoms with Crippen molar-refractivity contribution < 1.29 is 4.39 Å². The Hall–Kier alpha value is -4.20. The predicted octanol–water partition coefficient (Wildman–Crippen LogP) is 6.00. The van der Waals surface area contributed by atoms with Gasteiger partial charge in [0.15, 0.2) is 0 Å². The average molecular weight is 502 g/mol. The molecule has 0 atom stereocenters. The summed E-state index contributed by atoms with van der Waals surface area (Å²) in [5.74, 6) is 0.355. The Morgan fingerprint density at radius 2 is 1.89 bits per heavy atom. The van der Waals surface area contributed by atoms with Gasteiger partial charge in [0.25, 0.3) is 0 Å². The van der Waals surface area contributed by atoms with Gasteiger partial charge in [-0.2, -0.15) is 0 Å². The van der Waals surface area contributed by atoms with Crippen LogP contribution in [-0.4, -0.2) is 47.4 Å². The highest BCUT2D eigenvalue weighted by atomic mass is 19.1. The van der Waals surface area contributed by atoms with E-state index in [0.29, 0.717) is 23.3 Å². The van der Waals surface area contributed by atoms with Gasteiger partial charge in [-0.1, -0.05) is 12.7 Å². The molecule has 7 nitrogen and oxygen atoms in total. The fourth-order valence-electron chi connectivity index (χ4n) is 4.07. The summed E-state index contributed by atoms with van der Waals surface area (Å²) < 4.78 is 15.2. The summed E-state index contributed by atoms with van der Waals surface area (Å²) in [4.78, 5) is 10.9. The van der Waals surface area contributed by atoms with Crippen LogP contribution in [0.1, 0.15) is 24.6 Å². The van der Waals surface area contributed by atoms with Crippen LogP contribution in [0.15, 0.2) is 67.8 Å². The maximum atomic E-state index is 15.2. The highest BCUT2D eigenvalue weighted by Crippen LogP contribution is 2.34. The first kappa shape index (κ1) is 27.4. The molecule has 0 unspecified atom stereocenters. The topological polar surface area (TPSA) is 89.0 Å². The number of anilines is 2. The van der Waals surface area contributed by atoms with Crippen molar-refractivity contribution in [2.75, 3.05) is 37.3 Å². The Labute approximate surface area is 218 Å². The van der Waals surface area contributed by atoms with Gasteiger partial charge in [-0.3, -0.25) is 10.4 Å². The van der Waals surface area contributed by atoms with Gasteiger partial charge in [-0.25, -0.2) is 9.37 Å². The van der Waals surface area contributed by atoms with Crippen LogP contribution in [0.3, 0.4) is 0 Å². The largest absolute Gasteiger partial charge is 0.390 e. The Morgan fingerprint density at radius 3 is 2.57 bits per heavy atom. The summed E-state index contributed by atoms with van der Waals surface area (Å²) in [7, 11) is 1.82. The fourth-order valence-corrected chi connectivity index (χ4v) is 4.07. The number of hydrogen-bond acceptors (Lipinski definition) is 6. The summed E-state index contributed by atoms with van der Waals surface area (Å²) in [6.07, 6.45) is 9.50. The van der Waals surface area contributed by atoms with Crippen LogP contribution in [-0.2, 0) is 0 Å². The van der Waals surface area contributed by atoms with E-state index in [9.17, 15) is 0 Å². The third kappa shape index (κ3) is 6.73. The number of nitrogens with zero attached hydrogens (tertiary/aromatic N) is 3. The minimum Gasteiger partial charge on any atom is -0.390 e. The summed E-state index contributed by atoms with van der Waals surface area (Å²) in [5.41, 5.74) is 4.78. The first-order valence-electron chi connectivity index (χ1n) is 12.3. The van der Waals surface area contributed by atoms with Crippen molar-refractivity contribution in [2.24, 2.45) is 0 Å². The number of hydrogen-bond donors (Lipinski definition) is 4. The van der Waals surface area contributed by atoms with Crippen LogP contribution in [0.2, 0.25) is 0 Å². The van der Waals surface area contributed by atoms with Gasteiger partial charge in [0, 0.05) is 60.8 Å². The number of nitrogens with one attached hydrogen (secondary N) is 4. The molecule has 0 spiro atoms. The molecule has 194 valence electrons. The maximum Gasteiger partial charge on any atom is 0.132 e. The number of aryl methyl sites for hydroxylation is 1. The average Bonchev–Trinajstić information content (AvgIpc) is 2.88. The molecule has 0 fully saturated rings. The maximum absolute atomic E-state index is 15.2. The second kappa shape index (κ2) is 12.7. The summed E-state index contributed by atoms with van der Waals surface area (Å²) in [6.45, 7) is 15.7. The zero-order valence-corrected chi connectivity index (χ0v) is 22.1. The van der Waals surface area contributed by atoms with Crippen LogP contribution >= 0.6 is 0 Å². The molecule has 8 heteroatoms. The first-order chi connectivity index (χ1) is 17.8. The lowest BCUT2D eigenvalue weighted by Gasteiger charge is -2.19. The standard InChI is InChI=1S/C29H36FN7/c1-7-10-11-33-29-19(4)25(17-34-20(29)5)24-12-21-14-28(35-16-22(21)13-26(24)30)36-27(31)15-23(32-6)18-37(8-2)9-3/h7-8,12-17,32-33H,1-2,9-11,18H2,3-6H3,(H2,31,35,36)/b23-15-. The number of aromatic nitrogens is 2. The van der Waals surface area contributed by atoms with Crippen LogP contribution in [0.5, 0.6) is 0 Å². The fraction of sp³-hybridized carbons (Fsp3) is 0.276. The molecular weight excluding hydrogens is 465 g/mol. The lowest BCUT2D eigenvalue weighted by atomic mass is 9.97. The van der Waals surface area contributed by atoms with Crippen LogP contribution < -0.4 is 16.0 Å². The van der Waals surface area contributed by atoms with E-state index in [2.05, 4.69) is 39.1 Å². The third-order valence-electron chi connectivity index (χ3n) is 6.22. The van der Waals surface area contributed by atoms with Gasteiger partial charge >= 0.3 is 0 Å². The minimum atomic E-state index is -0.335. The second-order valence-electron chi connectivity index (χ2n) is 8.71. The molecule has 2 aromatic heterocycles. The monoisotopic (exact) mass is 501 g/mol. The Morgan fingerprint density at radius 1 is 1.11 bits per heavy atom. The molecule has 0 amide bonds. The van der Waals surface area contributed by atoms with Gasteiger partial charge in [0.05, 0.1) is 17.9 Å². The van der Waals surface area contributed by atoms with Crippen LogP contribution in [0, 0.1) is 25.1 Å². The molecule has 0 aliphatic rings. The van der Waals surface area contributed by atoms with E-state index < -0.39 is 0 Å². The lowest BCUT2D eigenvalue weighted by Crippen LogP contribution is -2.26. The van der Waals surface area contributed by atoms with Crippen molar-refractivity contribution in [3.63, 3.8) is 0 Å². The van der Waals surface area contributed by atoms with Crippen molar-refractivity contribution in [2.45, 2.75) is 27.2 Å². The predicted molar refractivity (Wildman–Crippen MR) is 154 cm³/mol. The second-order valence-corrected chi connectivity index (χ2v) is 8.71. The molecule has 4 N–H and O–H groups in total. The smallest absolute Gasteiger partial charge is 0.132 e. The normalized spacial score (nSPS) is 11.2. The van der Waals surface area contributed by atoms with Gasteiger partial charge in [0.1, 0.15) is 17.5 Å². The molecule has 37 heavy (non-hydrogen) atoms. The van der Waals surface area contributed by atoms with E-state index in [-0.39, 0.29) is 11.7 Å². The van der Waals surface area contributed by atoms with E-state index >= 15 is 4.39 Å². The van der Waals surface area contributed by atoms with E-state index in [4.69, 9.17) is 5.41 Å². The highest BCUT2D eigenvalue weighted by molar-refractivity contribution is 6.02. The van der Waals surface area contributed by atoms with E-state index in [0.717, 1.165) is 53.1 Å². The van der Waals surface area contributed by atoms with Crippen molar-refractivity contribution in [3.8, 4) is 11.1 Å². The molecule has 3 rings (SSSR count). The molecule has 3 aromatic rings. The zero-order valence-electron chi connectivity index (χ0n) is 22.1. The van der Waals surface area contributed by atoms with Crippen molar-refractivity contribution >= 4 is 28.1 Å². The van der Waals surface area contributed by atoms with Gasteiger partial charge < -0.3 is 20.9 Å². The lowest BCUT2D eigenvalue weighted by molar-refractivity contribution is 0.423. The van der Waals surface area contributed by atoms with Crippen molar-refractivity contribution in [3.05, 3.63) is 84.9 Å².